The normalized spacial score (nSPS) is 13.9. The molecule has 1 aromatic heterocycles. The fourth-order valence-corrected chi connectivity index (χ4v) is 2.81. The molecule has 2 aromatic rings. The van der Waals surface area contributed by atoms with Crippen LogP contribution in [0.5, 0.6) is 11.5 Å². The van der Waals surface area contributed by atoms with Gasteiger partial charge in [0, 0.05) is 30.5 Å². The topological polar surface area (TPSA) is 43.4 Å². The number of halogens is 1. The van der Waals surface area contributed by atoms with Crippen molar-refractivity contribution >= 4 is 15.9 Å². The monoisotopic (exact) mass is 362 g/mol. The van der Waals surface area contributed by atoms with Gasteiger partial charge in [-0.1, -0.05) is 6.07 Å². The van der Waals surface area contributed by atoms with E-state index in [4.69, 9.17) is 9.47 Å². The second kappa shape index (κ2) is 7.11. The van der Waals surface area contributed by atoms with E-state index in [1.165, 1.54) is 18.4 Å². The molecule has 1 N–H and O–H groups in total. The van der Waals surface area contributed by atoms with Crippen molar-refractivity contribution in [2.75, 3.05) is 7.11 Å². The van der Waals surface area contributed by atoms with Gasteiger partial charge in [-0.05, 0) is 52.5 Å². The lowest BCUT2D eigenvalue weighted by atomic mass is 10.2. The summed E-state index contributed by atoms with van der Waals surface area (Å²) in [6.07, 6.45) is 6.12. The van der Waals surface area contributed by atoms with Gasteiger partial charge in [-0.2, -0.15) is 0 Å². The molecular weight excluding hydrogens is 344 g/mol. The highest BCUT2D eigenvalue weighted by atomic mass is 79.9. The lowest BCUT2D eigenvalue weighted by molar-refractivity contribution is 0.282. The van der Waals surface area contributed by atoms with E-state index in [9.17, 15) is 0 Å². The molecule has 1 aliphatic rings. The quantitative estimate of drug-likeness (QED) is 0.815. The lowest BCUT2D eigenvalue weighted by Gasteiger charge is -2.14. The molecule has 0 aliphatic heterocycles. The molecule has 4 nitrogen and oxygen atoms in total. The second-order valence-electron chi connectivity index (χ2n) is 5.41. The molecule has 0 amide bonds. The van der Waals surface area contributed by atoms with Gasteiger partial charge >= 0.3 is 0 Å². The van der Waals surface area contributed by atoms with E-state index >= 15 is 0 Å². The van der Waals surface area contributed by atoms with Crippen molar-refractivity contribution in [3.63, 3.8) is 0 Å². The van der Waals surface area contributed by atoms with Crippen molar-refractivity contribution in [1.82, 2.24) is 10.3 Å². The Kier molecular flexibility index (Phi) is 4.95. The zero-order chi connectivity index (χ0) is 15.4. The number of nitrogens with one attached hydrogen (secondary N) is 1. The fourth-order valence-electron chi connectivity index (χ4n) is 2.20. The summed E-state index contributed by atoms with van der Waals surface area (Å²) in [7, 11) is 1.66. The zero-order valence-electron chi connectivity index (χ0n) is 12.5. The minimum absolute atomic E-state index is 0.461. The van der Waals surface area contributed by atoms with Gasteiger partial charge in [0.15, 0.2) is 11.5 Å². The van der Waals surface area contributed by atoms with E-state index in [1.807, 2.05) is 18.2 Å². The first-order chi connectivity index (χ1) is 10.8. The third-order valence-electron chi connectivity index (χ3n) is 3.57. The van der Waals surface area contributed by atoms with Gasteiger partial charge in [0.05, 0.1) is 11.6 Å². The van der Waals surface area contributed by atoms with E-state index in [0.29, 0.717) is 12.6 Å². The summed E-state index contributed by atoms with van der Waals surface area (Å²) >= 11 is 3.59. The summed E-state index contributed by atoms with van der Waals surface area (Å²) in [6.45, 7) is 1.31. The van der Waals surface area contributed by atoms with Gasteiger partial charge in [0.25, 0.3) is 0 Å². The molecule has 5 heteroatoms. The molecule has 1 aromatic carbocycles. The maximum Gasteiger partial charge on any atom is 0.175 e. The molecule has 0 saturated heterocycles. The lowest BCUT2D eigenvalue weighted by Crippen LogP contribution is -2.15. The first kappa shape index (κ1) is 15.3. The third kappa shape index (κ3) is 3.99. The highest BCUT2D eigenvalue weighted by Crippen LogP contribution is 2.37. The summed E-state index contributed by atoms with van der Waals surface area (Å²) in [5.74, 6) is 1.47. The molecule has 116 valence electrons. The SMILES string of the molecule is COc1cc(CNC2CC2)cc(Br)c1OCc1cccnc1. The van der Waals surface area contributed by atoms with Crippen LogP contribution in [0.25, 0.3) is 0 Å². The largest absolute Gasteiger partial charge is 0.493 e. The van der Waals surface area contributed by atoms with E-state index in [2.05, 4.69) is 32.3 Å². The molecule has 1 heterocycles. The molecular formula is C17H19BrN2O2. The van der Waals surface area contributed by atoms with Gasteiger partial charge in [-0.15, -0.1) is 0 Å². The van der Waals surface area contributed by atoms with Crippen LogP contribution < -0.4 is 14.8 Å². The summed E-state index contributed by atoms with van der Waals surface area (Å²) in [4.78, 5) is 4.09. The Bertz CT molecular complexity index is 630. The van der Waals surface area contributed by atoms with Crippen LogP contribution in [0.1, 0.15) is 24.0 Å². The smallest absolute Gasteiger partial charge is 0.175 e. The molecule has 0 radical (unpaired) electrons. The molecule has 1 aliphatic carbocycles. The molecule has 0 spiro atoms. The van der Waals surface area contributed by atoms with Crippen LogP contribution in [-0.2, 0) is 13.2 Å². The second-order valence-corrected chi connectivity index (χ2v) is 6.27. The number of hydrogen-bond acceptors (Lipinski definition) is 4. The summed E-state index contributed by atoms with van der Waals surface area (Å²) in [6, 6.07) is 8.68. The van der Waals surface area contributed by atoms with Crippen molar-refractivity contribution in [3.8, 4) is 11.5 Å². The minimum Gasteiger partial charge on any atom is -0.493 e. The number of pyridine rings is 1. The first-order valence-electron chi connectivity index (χ1n) is 7.38. The standard InChI is InChI=1S/C17H19BrN2O2/c1-21-16-8-13(10-20-14-4-5-14)7-15(18)17(16)22-11-12-3-2-6-19-9-12/h2-3,6-9,14,20H,4-5,10-11H2,1H3. The number of benzene rings is 1. The average molecular weight is 363 g/mol. The van der Waals surface area contributed by atoms with Crippen molar-refractivity contribution in [3.05, 3.63) is 52.3 Å². The predicted molar refractivity (Wildman–Crippen MR) is 89.1 cm³/mol. The Morgan fingerprint density at radius 2 is 2.18 bits per heavy atom. The Labute approximate surface area is 139 Å². The fraction of sp³-hybridized carbons (Fsp3) is 0.353. The highest BCUT2D eigenvalue weighted by molar-refractivity contribution is 9.10. The van der Waals surface area contributed by atoms with Gasteiger partial charge < -0.3 is 14.8 Å². The van der Waals surface area contributed by atoms with Crippen molar-refractivity contribution in [2.45, 2.75) is 32.0 Å². The number of ether oxygens (including phenoxy) is 2. The Morgan fingerprint density at radius 1 is 1.32 bits per heavy atom. The van der Waals surface area contributed by atoms with Gasteiger partial charge in [0.1, 0.15) is 6.61 Å². The van der Waals surface area contributed by atoms with Crippen LogP contribution >= 0.6 is 15.9 Å². The third-order valence-corrected chi connectivity index (χ3v) is 4.16. The molecule has 0 atom stereocenters. The maximum atomic E-state index is 5.91. The van der Waals surface area contributed by atoms with Crippen LogP contribution in [0.4, 0.5) is 0 Å². The Hall–Kier alpha value is -1.59. The highest BCUT2D eigenvalue weighted by Gasteiger charge is 2.20. The number of hydrogen-bond donors (Lipinski definition) is 1. The van der Waals surface area contributed by atoms with Crippen LogP contribution in [0.3, 0.4) is 0 Å². The van der Waals surface area contributed by atoms with Crippen LogP contribution in [0.2, 0.25) is 0 Å². The summed E-state index contributed by atoms with van der Waals surface area (Å²) in [5, 5.41) is 3.50. The molecule has 1 fully saturated rings. The van der Waals surface area contributed by atoms with E-state index < -0.39 is 0 Å². The predicted octanol–water partition coefficient (Wildman–Crippen LogP) is 3.68. The Morgan fingerprint density at radius 3 is 2.86 bits per heavy atom. The molecule has 0 bridgehead atoms. The number of aromatic nitrogens is 1. The maximum absolute atomic E-state index is 5.91. The molecule has 22 heavy (non-hydrogen) atoms. The molecule has 3 rings (SSSR count). The summed E-state index contributed by atoms with van der Waals surface area (Å²) in [5.41, 5.74) is 2.21. The minimum atomic E-state index is 0.461. The average Bonchev–Trinajstić information content (AvgIpc) is 3.36. The van der Waals surface area contributed by atoms with Crippen molar-refractivity contribution in [1.29, 1.82) is 0 Å². The van der Waals surface area contributed by atoms with Crippen LogP contribution in [0.15, 0.2) is 41.1 Å². The van der Waals surface area contributed by atoms with E-state index in [0.717, 1.165) is 28.1 Å². The van der Waals surface area contributed by atoms with Crippen molar-refractivity contribution in [2.24, 2.45) is 0 Å². The van der Waals surface area contributed by atoms with E-state index in [1.54, 1.807) is 19.5 Å². The summed E-state index contributed by atoms with van der Waals surface area (Å²) < 4.78 is 12.3. The van der Waals surface area contributed by atoms with Gasteiger partial charge in [-0.25, -0.2) is 0 Å². The first-order valence-corrected chi connectivity index (χ1v) is 8.17. The number of methoxy groups -OCH3 is 1. The number of rotatable bonds is 7. The Balaban J connectivity index is 1.71. The van der Waals surface area contributed by atoms with Gasteiger partial charge in [0.2, 0.25) is 0 Å². The van der Waals surface area contributed by atoms with Crippen LogP contribution in [0, 0.1) is 0 Å². The van der Waals surface area contributed by atoms with Gasteiger partial charge in [-0.3, -0.25) is 4.98 Å². The van der Waals surface area contributed by atoms with E-state index in [-0.39, 0.29) is 0 Å². The molecule has 1 saturated carbocycles. The zero-order valence-corrected chi connectivity index (χ0v) is 14.1. The van der Waals surface area contributed by atoms with Crippen molar-refractivity contribution < 1.29 is 9.47 Å². The van der Waals surface area contributed by atoms with Crippen LogP contribution in [-0.4, -0.2) is 18.1 Å². The number of nitrogens with zero attached hydrogens (tertiary/aromatic N) is 1. The molecule has 0 unspecified atom stereocenters.